The summed E-state index contributed by atoms with van der Waals surface area (Å²) in [7, 11) is 0. The Labute approximate surface area is 55.5 Å². The van der Waals surface area contributed by atoms with E-state index in [-0.39, 0.29) is 18.6 Å². The summed E-state index contributed by atoms with van der Waals surface area (Å²) in [4.78, 5) is 0. The monoisotopic (exact) mass is 284 g/mol. The Hall–Kier alpha value is 1.19. The van der Waals surface area contributed by atoms with E-state index < -0.39 is 0 Å². The van der Waals surface area contributed by atoms with Crippen LogP contribution < -0.4 is 18.6 Å². The van der Waals surface area contributed by atoms with Gasteiger partial charge in [-0.25, -0.2) is 0 Å². The Morgan fingerprint density at radius 2 is 1.60 bits per heavy atom. The first kappa shape index (κ1) is 16.4. The molecule has 0 heterocycles. The van der Waals surface area contributed by atoms with Crippen molar-refractivity contribution in [2.45, 2.75) is 10.9 Å². The fourth-order valence-electron chi connectivity index (χ4n) is 0. The molecule has 0 aromatic heterocycles. The molecule has 5 heavy (non-hydrogen) atoms. The van der Waals surface area contributed by atoms with Gasteiger partial charge in [-0.2, -0.15) is 0 Å². The molecule has 31 valence electrons. The van der Waals surface area contributed by atoms with E-state index in [1.807, 2.05) is 0 Å². The molecular weight excluding hydrogens is 274 g/mol. The molecule has 0 aliphatic heterocycles. The van der Waals surface area contributed by atoms with Crippen molar-refractivity contribution in [2.75, 3.05) is 0 Å². The average molecular weight is 283 g/mol. The summed E-state index contributed by atoms with van der Waals surface area (Å²) in [5, 5.41) is 0. The zero-order valence-corrected chi connectivity index (χ0v) is 10.0. The van der Waals surface area contributed by atoms with E-state index in [1.165, 1.54) is 3.93 Å². The normalized spacial score (nSPS) is 3.80. The van der Waals surface area contributed by atoms with Gasteiger partial charge < -0.3 is 18.6 Å². The molecule has 0 saturated heterocycles. The van der Waals surface area contributed by atoms with Gasteiger partial charge in [0, 0.05) is 0 Å². The van der Waals surface area contributed by atoms with Crippen LogP contribution in [0.1, 0.15) is 6.92 Å². The van der Waals surface area contributed by atoms with E-state index in [0.29, 0.717) is 0 Å². The minimum absolute atomic E-state index is 0. The quantitative estimate of drug-likeness (QED) is 0.517. The average Bonchev–Trinajstić information content (AvgIpc) is 0.918. The molecule has 0 fully saturated rings. The van der Waals surface area contributed by atoms with Crippen LogP contribution in [0, 0.1) is 0 Å². The molecule has 0 amide bonds. The molecule has 0 aromatic rings. The van der Waals surface area contributed by atoms with Crippen molar-refractivity contribution >= 4 is 0 Å². The molecular formula is C2H9ClHgN. The summed E-state index contributed by atoms with van der Waals surface area (Å²) in [5.74, 6) is 0. The van der Waals surface area contributed by atoms with Gasteiger partial charge in [0.1, 0.15) is 0 Å². The fraction of sp³-hybridized carbons (Fsp3) is 1.00. The largest absolute Gasteiger partial charge is 1.00 e. The van der Waals surface area contributed by atoms with E-state index in [9.17, 15) is 0 Å². The Morgan fingerprint density at radius 3 is 1.60 bits per heavy atom. The Kier molecular flexibility index (Phi) is 62.4. The van der Waals surface area contributed by atoms with Crippen LogP contribution >= 0.6 is 0 Å². The Balaban J connectivity index is -0.0000000200. The summed E-state index contributed by atoms with van der Waals surface area (Å²) in [5.41, 5.74) is 0. The van der Waals surface area contributed by atoms with E-state index in [1.54, 1.807) is 0 Å². The number of quaternary nitrogens is 1. The number of halogens is 1. The van der Waals surface area contributed by atoms with E-state index in [4.69, 9.17) is 0 Å². The number of hydrogen-bond acceptors (Lipinski definition) is 0. The maximum Gasteiger partial charge on any atom is -0.369 e. The second-order valence-electron chi connectivity index (χ2n) is 0.500. The predicted molar refractivity (Wildman–Crippen MR) is 16.5 cm³/mol. The van der Waals surface area contributed by atoms with Gasteiger partial charge in [0.15, 0.2) is 0 Å². The van der Waals surface area contributed by atoms with Crippen molar-refractivity contribution in [3.63, 3.8) is 0 Å². The summed E-state index contributed by atoms with van der Waals surface area (Å²) >= 11 is 1.07. The SMILES string of the molecule is C[CH2][Hg].[Cl-].[NH4+]. The molecule has 0 atom stereocenters. The van der Waals surface area contributed by atoms with Gasteiger partial charge in [0.2, 0.25) is 0 Å². The second-order valence-corrected chi connectivity index (χ2v) is 4.39. The molecule has 0 unspecified atom stereocenters. The van der Waals surface area contributed by atoms with Gasteiger partial charge in [-0.15, -0.1) is 0 Å². The van der Waals surface area contributed by atoms with Gasteiger partial charge in [-0.05, 0) is 0 Å². The second kappa shape index (κ2) is 19.0. The molecule has 0 spiro atoms. The Bertz CT molecular complexity index is 9.61. The van der Waals surface area contributed by atoms with E-state index in [2.05, 4.69) is 6.92 Å². The van der Waals surface area contributed by atoms with Gasteiger partial charge in [-0.1, -0.05) is 0 Å². The first-order chi connectivity index (χ1) is 1.41. The molecule has 1 nitrogen and oxygen atoms in total. The van der Waals surface area contributed by atoms with Crippen molar-refractivity contribution in [3.8, 4) is 0 Å². The number of rotatable bonds is 0. The summed E-state index contributed by atoms with van der Waals surface area (Å²) < 4.78 is 1.44. The topological polar surface area (TPSA) is 36.5 Å². The first-order valence-corrected chi connectivity index (χ1v) is 5.09. The standard InChI is InChI=1S/C2H5.ClH.Hg.H3N/c1-2;;;/h1H2,2H3;1H;;1H3. The zero-order valence-electron chi connectivity index (χ0n) is 3.79. The van der Waals surface area contributed by atoms with Gasteiger partial charge >= 0.3 is 37.0 Å². The molecule has 0 aliphatic rings. The molecule has 0 radical (unpaired) electrons. The van der Waals surface area contributed by atoms with Crippen molar-refractivity contribution in [1.82, 2.24) is 6.15 Å². The fourth-order valence-corrected chi connectivity index (χ4v) is 0. The zero-order chi connectivity index (χ0) is 2.71. The van der Waals surface area contributed by atoms with Gasteiger partial charge in [-0.3, -0.25) is 0 Å². The molecule has 4 N–H and O–H groups in total. The van der Waals surface area contributed by atoms with Crippen LogP contribution in [0.2, 0.25) is 3.93 Å². The van der Waals surface area contributed by atoms with Crippen molar-refractivity contribution in [3.05, 3.63) is 0 Å². The maximum absolute atomic E-state index is 2.21. The molecule has 0 aromatic carbocycles. The maximum atomic E-state index is 2.21. The van der Waals surface area contributed by atoms with Crippen LogP contribution in [-0.4, -0.2) is 0 Å². The van der Waals surface area contributed by atoms with Crippen LogP contribution in [0.4, 0.5) is 0 Å². The summed E-state index contributed by atoms with van der Waals surface area (Å²) in [6, 6.07) is 0. The van der Waals surface area contributed by atoms with Crippen LogP contribution in [0.15, 0.2) is 0 Å². The van der Waals surface area contributed by atoms with Crippen LogP contribution in [-0.2, 0) is 26.1 Å². The third-order valence-electron chi connectivity index (χ3n) is 0. The molecule has 3 heteroatoms. The minimum Gasteiger partial charge on any atom is -1.00 e. The van der Waals surface area contributed by atoms with Gasteiger partial charge in [0.05, 0.1) is 0 Å². The molecule has 0 aliphatic carbocycles. The van der Waals surface area contributed by atoms with E-state index in [0.717, 1.165) is 26.1 Å². The first-order valence-electron chi connectivity index (χ1n) is 1.21. The van der Waals surface area contributed by atoms with Crippen molar-refractivity contribution in [2.24, 2.45) is 0 Å². The smallest absolute Gasteiger partial charge is 0.369 e. The van der Waals surface area contributed by atoms with Crippen LogP contribution in [0.25, 0.3) is 0 Å². The number of hydrogen-bond donors (Lipinski definition) is 1. The van der Waals surface area contributed by atoms with Gasteiger partial charge in [0.25, 0.3) is 0 Å². The summed E-state index contributed by atoms with van der Waals surface area (Å²) in [6.07, 6.45) is 0. The molecule has 0 rings (SSSR count). The third-order valence-corrected chi connectivity index (χ3v) is 0. The minimum atomic E-state index is 0. The van der Waals surface area contributed by atoms with E-state index >= 15 is 0 Å². The summed E-state index contributed by atoms with van der Waals surface area (Å²) in [6.45, 7) is 2.21. The van der Waals surface area contributed by atoms with Crippen molar-refractivity contribution < 1.29 is 38.5 Å². The third kappa shape index (κ3) is 37.5. The predicted octanol–water partition coefficient (Wildman–Crippen LogP) is -1.65. The molecule has 0 saturated carbocycles. The van der Waals surface area contributed by atoms with Crippen LogP contribution in [0.3, 0.4) is 0 Å². The molecule has 0 bridgehead atoms. The Morgan fingerprint density at radius 1 is 1.60 bits per heavy atom. The van der Waals surface area contributed by atoms with Crippen LogP contribution in [0.5, 0.6) is 0 Å². The van der Waals surface area contributed by atoms with Crippen molar-refractivity contribution in [1.29, 1.82) is 0 Å².